The molecule has 0 aliphatic rings. The molecule has 0 atom stereocenters. The van der Waals surface area contributed by atoms with E-state index < -0.39 is 18.5 Å². The van der Waals surface area contributed by atoms with Gasteiger partial charge in [-0.2, -0.15) is 9.78 Å². The number of rotatable bonds is 7. The highest BCUT2D eigenvalue weighted by Crippen LogP contribution is 2.17. The lowest BCUT2D eigenvalue weighted by Crippen LogP contribution is -2.30. The van der Waals surface area contributed by atoms with Crippen LogP contribution in [0.3, 0.4) is 0 Å². The Kier molecular flexibility index (Phi) is 6.45. The van der Waals surface area contributed by atoms with Crippen LogP contribution in [0.25, 0.3) is 16.5 Å². The van der Waals surface area contributed by atoms with Gasteiger partial charge in [-0.1, -0.05) is 54.6 Å². The molecular weight excluding hydrogens is 422 g/mol. The lowest BCUT2D eigenvalue weighted by molar-refractivity contribution is -0.124. The van der Waals surface area contributed by atoms with Gasteiger partial charge in [0.2, 0.25) is 0 Å². The van der Waals surface area contributed by atoms with Crippen molar-refractivity contribution in [3.63, 3.8) is 0 Å². The average molecular weight is 443 g/mol. The molecule has 1 heterocycles. The van der Waals surface area contributed by atoms with Crippen LogP contribution in [0.5, 0.6) is 5.75 Å². The molecule has 0 fully saturated rings. The highest BCUT2D eigenvalue weighted by molar-refractivity contribution is 6.02. The van der Waals surface area contributed by atoms with Crippen LogP contribution in [-0.2, 0) is 16.1 Å². The van der Waals surface area contributed by atoms with Crippen LogP contribution in [0.4, 0.5) is 0 Å². The first-order valence-corrected chi connectivity index (χ1v) is 10.2. The summed E-state index contributed by atoms with van der Waals surface area (Å²) in [4.78, 5) is 38.0. The molecule has 1 N–H and O–H groups in total. The van der Waals surface area contributed by atoms with Gasteiger partial charge in [0.1, 0.15) is 5.75 Å². The van der Waals surface area contributed by atoms with E-state index in [-0.39, 0.29) is 17.8 Å². The van der Waals surface area contributed by atoms with E-state index in [9.17, 15) is 14.4 Å². The molecule has 8 heteroatoms. The zero-order valence-electron chi connectivity index (χ0n) is 17.9. The zero-order valence-corrected chi connectivity index (χ0v) is 17.9. The fraction of sp³-hybridized carbons (Fsp3) is 0.120. The first-order valence-electron chi connectivity index (χ1n) is 10.2. The van der Waals surface area contributed by atoms with E-state index in [0.29, 0.717) is 22.2 Å². The van der Waals surface area contributed by atoms with E-state index >= 15 is 0 Å². The molecule has 0 unspecified atom stereocenters. The van der Waals surface area contributed by atoms with Gasteiger partial charge in [0.25, 0.3) is 11.5 Å². The monoisotopic (exact) mass is 443 g/mol. The molecule has 0 saturated heterocycles. The predicted molar refractivity (Wildman–Crippen MR) is 122 cm³/mol. The van der Waals surface area contributed by atoms with Gasteiger partial charge in [0.05, 0.1) is 18.2 Å². The fourth-order valence-corrected chi connectivity index (χ4v) is 3.38. The molecule has 8 nitrogen and oxygen atoms in total. The molecular formula is C25H21N3O5. The number of hydrogen-bond donors (Lipinski definition) is 1. The van der Waals surface area contributed by atoms with Crippen molar-refractivity contribution in [2.24, 2.45) is 0 Å². The van der Waals surface area contributed by atoms with Crippen molar-refractivity contribution in [1.29, 1.82) is 0 Å². The predicted octanol–water partition coefficient (Wildman–Crippen LogP) is 2.87. The minimum absolute atomic E-state index is 0.0495. The minimum atomic E-state index is -0.802. The van der Waals surface area contributed by atoms with Crippen molar-refractivity contribution in [2.75, 3.05) is 13.7 Å². The molecule has 0 saturated carbocycles. The number of nitrogens with one attached hydrogen (secondary N) is 1. The number of aromatic nitrogens is 2. The number of carbonyl (C=O) groups is 2. The molecule has 0 radical (unpaired) electrons. The molecule has 0 bridgehead atoms. The highest BCUT2D eigenvalue weighted by atomic mass is 16.5. The van der Waals surface area contributed by atoms with Gasteiger partial charge in [0.15, 0.2) is 12.3 Å². The number of methoxy groups -OCH3 is 1. The SMILES string of the molecule is COc1ccccc1CNC(=O)COC(=O)c1nn(-c2ccccc2)c(=O)c2ccccc12. The maximum atomic E-state index is 12.9. The second kappa shape index (κ2) is 9.78. The van der Waals surface area contributed by atoms with Crippen LogP contribution >= 0.6 is 0 Å². The highest BCUT2D eigenvalue weighted by Gasteiger charge is 2.19. The van der Waals surface area contributed by atoms with Gasteiger partial charge in [0, 0.05) is 17.5 Å². The van der Waals surface area contributed by atoms with E-state index in [1.54, 1.807) is 61.7 Å². The lowest BCUT2D eigenvalue weighted by atomic mass is 10.1. The molecule has 1 aromatic heterocycles. The molecule has 166 valence electrons. The summed E-state index contributed by atoms with van der Waals surface area (Å²) in [7, 11) is 1.55. The third-order valence-electron chi connectivity index (χ3n) is 5.00. The minimum Gasteiger partial charge on any atom is -0.496 e. The summed E-state index contributed by atoms with van der Waals surface area (Å²) in [5.41, 5.74) is 0.897. The zero-order chi connectivity index (χ0) is 23.2. The maximum Gasteiger partial charge on any atom is 0.359 e. The van der Waals surface area contributed by atoms with Crippen molar-refractivity contribution in [3.8, 4) is 11.4 Å². The van der Waals surface area contributed by atoms with Crippen molar-refractivity contribution in [2.45, 2.75) is 6.54 Å². The molecule has 0 aliphatic carbocycles. The van der Waals surface area contributed by atoms with E-state index in [4.69, 9.17) is 9.47 Å². The number of para-hydroxylation sites is 2. The number of benzene rings is 3. The Hall–Kier alpha value is -4.46. The number of nitrogens with zero attached hydrogens (tertiary/aromatic N) is 2. The number of esters is 1. The molecule has 33 heavy (non-hydrogen) atoms. The van der Waals surface area contributed by atoms with Crippen LogP contribution in [0, 0.1) is 0 Å². The standard InChI is InChI=1S/C25H21N3O5/c1-32-21-14-8-5-9-17(21)15-26-22(29)16-33-25(31)23-19-12-6-7-13-20(19)24(30)28(27-23)18-10-3-2-4-11-18/h2-14H,15-16H2,1H3,(H,26,29). The van der Waals surface area contributed by atoms with E-state index in [2.05, 4.69) is 10.4 Å². The van der Waals surface area contributed by atoms with Crippen LogP contribution in [0.15, 0.2) is 83.7 Å². The number of fused-ring (bicyclic) bond motifs is 1. The van der Waals surface area contributed by atoms with Crippen LogP contribution < -0.4 is 15.6 Å². The molecule has 0 spiro atoms. The Morgan fingerprint density at radius 2 is 1.58 bits per heavy atom. The van der Waals surface area contributed by atoms with Crippen molar-refractivity contribution < 1.29 is 19.1 Å². The normalized spacial score (nSPS) is 10.6. The van der Waals surface area contributed by atoms with Gasteiger partial charge in [-0.15, -0.1) is 0 Å². The van der Waals surface area contributed by atoms with Crippen LogP contribution in [0.2, 0.25) is 0 Å². The molecule has 3 aromatic carbocycles. The van der Waals surface area contributed by atoms with Crippen molar-refractivity contribution in [1.82, 2.24) is 15.1 Å². The largest absolute Gasteiger partial charge is 0.496 e. The summed E-state index contributed by atoms with van der Waals surface area (Å²) in [6.07, 6.45) is 0. The number of amides is 1. The number of ether oxygens (including phenoxy) is 2. The smallest absolute Gasteiger partial charge is 0.359 e. The Morgan fingerprint density at radius 1 is 0.909 bits per heavy atom. The summed E-state index contributed by atoms with van der Waals surface area (Å²) in [6, 6.07) is 22.7. The van der Waals surface area contributed by atoms with E-state index in [1.807, 2.05) is 24.3 Å². The summed E-state index contributed by atoms with van der Waals surface area (Å²) in [5, 5.41) is 7.62. The summed E-state index contributed by atoms with van der Waals surface area (Å²) in [5.74, 6) is -0.633. The maximum absolute atomic E-state index is 12.9. The van der Waals surface area contributed by atoms with Crippen LogP contribution in [0.1, 0.15) is 16.1 Å². The number of carbonyl (C=O) groups excluding carboxylic acids is 2. The lowest BCUT2D eigenvalue weighted by Gasteiger charge is -2.12. The van der Waals surface area contributed by atoms with E-state index in [1.165, 1.54) is 0 Å². The Bertz CT molecular complexity index is 1370. The first kappa shape index (κ1) is 21.8. The van der Waals surface area contributed by atoms with Gasteiger partial charge < -0.3 is 14.8 Å². The fourth-order valence-electron chi connectivity index (χ4n) is 3.38. The molecule has 4 rings (SSSR count). The summed E-state index contributed by atoms with van der Waals surface area (Å²) >= 11 is 0. The molecule has 4 aromatic rings. The van der Waals surface area contributed by atoms with Crippen molar-refractivity contribution >= 4 is 22.6 Å². The second-order valence-corrected chi connectivity index (χ2v) is 7.11. The topological polar surface area (TPSA) is 99.5 Å². The second-order valence-electron chi connectivity index (χ2n) is 7.11. The van der Waals surface area contributed by atoms with E-state index in [0.717, 1.165) is 10.2 Å². The average Bonchev–Trinajstić information content (AvgIpc) is 2.87. The summed E-state index contributed by atoms with van der Waals surface area (Å²) in [6.45, 7) is -0.269. The van der Waals surface area contributed by atoms with Gasteiger partial charge in [-0.05, 0) is 24.3 Å². The Morgan fingerprint density at radius 3 is 2.33 bits per heavy atom. The number of hydrogen-bond acceptors (Lipinski definition) is 6. The van der Waals surface area contributed by atoms with Gasteiger partial charge >= 0.3 is 5.97 Å². The van der Waals surface area contributed by atoms with Crippen LogP contribution in [-0.4, -0.2) is 35.4 Å². The quantitative estimate of drug-likeness (QED) is 0.441. The third kappa shape index (κ3) is 4.74. The third-order valence-corrected chi connectivity index (χ3v) is 5.00. The first-order chi connectivity index (χ1) is 16.1. The Labute approximate surface area is 189 Å². The summed E-state index contributed by atoms with van der Waals surface area (Å²) < 4.78 is 11.6. The molecule has 0 aliphatic heterocycles. The van der Waals surface area contributed by atoms with Gasteiger partial charge in [-0.3, -0.25) is 9.59 Å². The van der Waals surface area contributed by atoms with Crippen molar-refractivity contribution in [3.05, 3.63) is 100 Å². The molecule has 1 amide bonds. The van der Waals surface area contributed by atoms with Gasteiger partial charge in [-0.25, -0.2) is 4.79 Å². The Balaban J connectivity index is 1.53.